The summed E-state index contributed by atoms with van der Waals surface area (Å²) in [5.41, 5.74) is 5.57. The fourth-order valence-corrected chi connectivity index (χ4v) is 5.92. The smallest absolute Gasteiger partial charge is 0.152 e. The maximum atomic E-state index is 12.0. The van der Waals surface area contributed by atoms with Crippen LogP contribution in [0.4, 0.5) is 0 Å². The Balaban J connectivity index is 2.13. The maximum Gasteiger partial charge on any atom is 0.152 e. The summed E-state index contributed by atoms with van der Waals surface area (Å²) in [4.78, 5) is 3.53. The summed E-state index contributed by atoms with van der Waals surface area (Å²) in [7, 11) is -0.942. The summed E-state index contributed by atoms with van der Waals surface area (Å²) < 4.78 is 24.0. The minimum Gasteiger partial charge on any atom is -0.329 e. The SMILES string of the molecule is CC(Cc1cccs1)N(C)C1(CN)CCCS(=O)(=O)C1. The van der Waals surface area contributed by atoms with E-state index >= 15 is 0 Å². The fraction of sp³-hybridized carbons (Fsp3) is 0.714. The fourth-order valence-electron chi connectivity index (χ4n) is 3.08. The minimum atomic E-state index is -2.96. The van der Waals surface area contributed by atoms with Crippen LogP contribution in [0.25, 0.3) is 0 Å². The number of hydrogen-bond donors (Lipinski definition) is 1. The van der Waals surface area contributed by atoms with Gasteiger partial charge in [-0.25, -0.2) is 8.42 Å². The molecule has 4 nitrogen and oxygen atoms in total. The Morgan fingerprint density at radius 1 is 1.55 bits per heavy atom. The van der Waals surface area contributed by atoms with Crippen molar-refractivity contribution in [3.63, 3.8) is 0 Å². The zero-order chi connectivity index (χ0) is 14.8. The molecule has 1 fully saturated rings. The van der Waals surface area contributed by atoms with Crippen LogP contribution < -0.4 is 5.73 Å². The Morgan fingerprint density at radius 3 is 2.85 bits per heavy atom. The predicted octanol–water partition coefficient (Wildman–Crippen LogP) is 1.52. The lowest BCUT2D eigenvalue weighted by Crippen LogP contribution is -2.61. The summed E-state index contributed by atoms with van der Waals surface area (Å²) in [6, 6.07) is 4.46. The first-order valence-corrected chi connectivity index (χ1v) is 9.74. The van der Waals surface area contributed by atoms with E-state index in [0.29, 0.717) is 12.3 Å². The summed E-state index contributed by atoms with van der Waals surface area (Å²) in [6.07, 6.45) is 2.53. The van der Waals surface area contributed by atoms with Crippen LogP contribution in [-0.2, 0) is 16.3 Å². The van der Waals surface area contributed by atoms with Gasteiger partial charge in [-0.3, -0.25) is 4.90 Å². The van der Waals surface area contributed by atoms with Crippen molar-refractivity contribution >= 4 is 21.2 Å². The second-order valence-electron chi connectivity index (χ2n) is 5.87. The molecule has 0 bridgehead atoms. The number of likely N-dealkylation sites (N-methyl/N-ethyl adjacent to an activating group) is 1. The van der Waals surface area contributed by atoms with Crippen molar-refractivity contribution < 1.29 is 8.42 Å². The third-order valence-corrected chi connectivity index (χ3v) is 7.24. The van der Waals surface area contributed by atoms with Gasteiger partial charge >= 0.3 is 0 Å². The van der Waals surface area contributed by atoms with Crippen LogP contribution in [0.15, 0.2) is 17.5 Å². The monoisotopic (exact) mass is 316 g/mol. The van der Waals surface area contributed by atoms with Crippen LogP contribution >= 0.6 is 11.3 Å². The third-order valence-electron chi connectivity index (χ3n) is 4.45. The highest BCUT2D eigenvalue weighted by Gasteiger charge is 2.42. The molecule has 114 valence electrons. The highest BCUT2D eigenvalue weighted by atomic mass is 32.2. The zero-order valence-corrected chi connectivity index (χ0v) is 13.8. The molecule has 0 amide bonds. The van der Waals surface area contributed by atoms with E-state index in [4.69, 9.17) is 5.73 Å². The predicted molar refractivity (Wildman–Crippen MR) is 84.9 cm³/mol. The molecule has 2 N–H and O–H groups in total. The van der Waals surface area contributed by atoms with Crippen LogP contribution in [-0.4, -0.2) is 50.0 Å². The summed E-state index contributed by atoms with van der Waals surface area (Å²) >= 11 is 1.75. The van der Waals surface area contributed by atoms with Gasteiger partial charge in [0.15, 0.2) is 9.84 Å². The van der Waals surface area contributed by atoms with Gasteiger partial charge in [0.2, 0.25) is 0 Å². The largest absolute Gasteiger partial charge is 0.329 e. The van der Waals surface area contributed by atoms with Gasteiger partial charge in [0, 0.05) is 23.0 Å². The molecule has 1 aliphatic heterocycles. The van der Waals surface area contributed by atoms with Crippen LogP contribution in [0.1, 0.15) is 24.6 Å². The summed E-state index contributed by atoms with van der Waals surface area (Å²) in [5.74, 6) is 0.504. The summed E-state index contributed by atoms with van der Waals surface area (Å²) in [6.45, 7) is 2.55. The van der Waals surface area contributed by atoms with Crippen LogP contribution in [0.3, 0.4) is 0 Å². The number of thiophene rings is 1. The minimum absolute atomic E-state index is 0.196. The molecule has 2 rings (SSSR count). The standard InChI is InChI=1S/C14H24N2O2S2/c1-12(9-13-5-3-7-19-13)16(2)14(10-15)6-4-8-20(17,18)11-14/h3,5,7,12H,4,6,8-11,15H2,1-2H3. The van der Waals surface area contributed by atoms with Crippen molar-refractivity contribution in [3.8, 4) is 0 Å². The molecule has 0 saturated carbocycles. The van der Waals surface area contributed by atoms with Crippen LogP contribution in [0.5, 0.6) is 0 Å². The van der Waals surface area contributed by atoms with Crippen molar-refractivity contribution in [1.82, 2.24) is 4.90 Å². The van der Waals surface area contributed by atoms with Gasteiger partial charge in [-0.05, 0) is 44.7 Å². The lowest BCUT2D eigenvalue weighted by atomic mass is 9.91. The van der Waals surface area contributed by atoms with E-state index in [1.165, 1.54) is 4.88 Å². The van der Waals surface area contributed by atoms with Gasteiger partial charge in [0.25, 0.3) is 0 Å². The second-order valence-corrected chi connectivity index (χ2v) is 9.08. The molecule has 0 radical (unpaired) electrons. The highest BCUT2D eigenvalue weighted by Crippen LogP contribution is 2.30. The number of sulfone groups is 1. The highest BCUT2D eigenvalue weighted by molar-refractivity contribution is 7.91. The Bertz CT molecular complexity index is 527. The Hall–Kier alpha value is -0.430. The molecule has 1 aliphatic rings. The third kappa shape index (κ3) is 3.42. The average molecular weight is 316 g/mol. The average Bonchev–Trinajstić information content (AvgIpc) is 2.89. The van der Waals surface area contributed by atoms with Gasteiger partial charge in [0.1, 0.15) is 0 Å². The lowest BCUT2D eigenvalue weighted by Gasteiger charge is -2.46. The van der Waals surface area contributed by atoms with E-state index in [0.717, 1.165) is 19.3 Å². The first kappa shape index (κ1) is 15.9. The van der Waals surface area contributed by atoms with E-state index in [1.54, 1.807) is 11.3 Å². The maximum absolute atomic E-state index is 12.0. The second kappa shape index (κ2) is 6.13. The quantitative estimate of drug-likeness (QED) is 0.894. The molecule has 2 unspecified atom stereocenters. The number of rotatable bonds is 5. The van der Waals surface area contributed by atoms with E-state index in [1.807, 2.05) is 7.05 Å². The van der Waals surface area contributed by atoms with Crippen molar-refractivity contribution in [2.24, 2.45) is 5.73 Å². The first-order valence-electron chi connectivity index (χ1n) is 7.04. The van der Waals surface area contributed by atoms with E-state index in [-0.39, 0.29) is 11.8 Å². The normalized spacial score (nSPS) is 27.6. The van der Waals surface area contributed by atoms with Crippen molar-refractivity contribution in [2.45, 2.75) is 37.8 Å². The Kier molecular flexibility index (Phi) is 4.89. The van der Waals surface area contributed by atoms with Crippen LogP contribution in [0, 0.1) is 0 Å². The van der Waals surface area contributed by atoms with Gasteiger partial charge < -0.3 is 5.73 Å². The number of nitrogens with two attached hydrogens (primary N) is 1. The van der Waals surface area contributed by atoms with Gasteiger partial charge in [-0.15, -0.1) is 11.3 Å². The molecule has 20 heavy (non-hydrogen) atoms. The molecule has 1 aromatic rings. The molecule has 0 aliphatic carbocycles. The molecule has 2 atom stereocenters. The van der Waals surface area contributed by atoms with Gasteiger partial charge in [-0.2, -0.15) is 0 Å². The van der Waals surface area contributed by atoms with Crippen molar-refractivity contribution in [1.29, 1.82) is 0 Å². The van der Waals surface area contributed by atoms with Crippen molar-refractivity contribution in [3.05, 3.63) is 22.4 Å². The zero-order valence-electron chi connectivity index (χ0n) is 12.2. The molecular formula is C14H24N2O2S2. The van der Waals surface area contributed by atoms with Crippen LogP contribution in [0.2, 0.25) is 0 Å². The van der Waals surface area contributed by atoms with Gasteiger partial charge in [0.05, 0.1) is 11.5 Å². The topological polar surface area (TPSA) is 63.4 Å². The lowest BCUT2D eigenvalue weighted by molar-refractivity contribution is 0.0908. The molecule has 0 spiro atoms. The number of hydrogen-bond acceptors (Lipinski definition) is 5. The molecule has 1 aromatic heterocycles. The molecule has 6 heteroatoms. The first-order chi connectivity index (χ1) is 9.38. The van der Waals surface area contributed by atoms with E-state index in [2.05, 4.69) is 29.3 Å². The van der Waals surface area contributed by atoms with E-state index in [9.17, 15) is 8.42 Å². The van der Waals surface area contributed by atoms with E-state index < -0.39 is 15.4 Å². The molecule has 0 aromatic carbocycles. The summed E-state index contributed by atoms with van der Waals surface area (Å²) in [5, 5.41) is 2.08. The Labute approximate surface area is 125 Å². The van der Waals surface area contributed by atoms with Crippen molar-refractivity contribution in [2.75, 3.05) is 25.1 Å². The van der Waals surface area contributed by atoms with Gasteiger partial charge in [-0.1, -0.05) is 6.07 Å². The Morgan fingerprint density at radius 2 is 2.30 bits per heavy atom. The molecule has 1 saturated heterocycles. The molecular weight excluding hydrogens is 292 g/mol. The molecule has 2 heterocycles. The number of nitrogens with zero attached hydrogens (tertiary/aromatic N) is 1.